The summed E-state index contributed by atoms with van der Waals surface area (Å²) in [7, 11) is 0. The van der Waals surface area contributed by atoms with Crippen LogP contribution in [0.1, 0.15) is 47.8 Å². The van der Waals surface area contributed by atoms with Crippen molar-refractivity contribution in [3.8, 4) is 5.69 Å². The van der Waals surface area contributed by atoms with Crippen LogP contribution in [-0.4, -0.2) is 43.1 Å². The molecule has 9 nitrogen and oxygen atoms in total. The van der Waals surface area contributed by atoms with Crippen molar-refractivity contribution in [1.29, 1.82) is 0 Å². The van der Waals surface area contributed by atoms with Crippen LogP contribution in [0.4, 0.5) is 23.2 Å². The minimum atomic E-state index is -4.92. The summed E-state index contributed by atoms with van der Waals surface area (Å²) in [5, 5.41) is 16.5. The largest absolute Gasteiger partial charge is 0.433 e. The van der Waals surface area contributed by atoms with Crippen LogP contribution in [0.25, 0.3) is 5.69 Å². The molecule has 1 aromatic carbocycles. The van der Waals surface area contributed by atoms with Crippen molar-refractivity contribution in [3.05, 3.63) is 52.8 Å². The summed E-state index contributed by atoms with van der Waals surface area (Å²) < 4.78 is 58.2. The molecule has 0 bridgehead atoms. The summed E-state index contributed by atoms with van der Waals surface area (Å²) in [6.07, 6.45) is 0.675. The number of nitrogens with zero attached hydrogens (tertiary/aromatic N) is 5. The average Bonchev–Trinajstić information content (AvgIpc) is 3.51. The molecule has 3 atom stereocenters. The highest BCUT2D eigenvalue weighted by Gasteiger charge is 2.46. The van der Waals surface area contributed by atoms with Crippen LogP contribution in [0.2, 0.25) is 5.02 Å². The molecule has 36 heavy (non-hydrogen) atoms. The van der Waals surface area contributed by atoms with Gasteiger partial charge in [0.2, 0.25) is 5.91 Å². The van der Waals surface area contributed by atoms with E-state index >= 15 is 0 Å². The molecule has 1 aliphatic carbocycles. The first-order valence-corrected chi connectivity index (χ1v) is 11.6. The van der Waals surface area contributed by atoms with Crippen molar-refractivity contribution in [1.82, 2.24) is 30.1 Å². The third-order valence-electron chi connectivity index (χ3n) is 6.68. The Morgan fingerprint density at radius 3 is 2.61 bits per heavy atom. The zero-order valence-corrected chi connectivity index (χ0v) is 19.4. The second-order valence-corrected chi connectivity index (χ2v) is 9.16. The molecule has 0 radical (unpaired) electrons. The van der Waals surface area contributed by atoms with Gasteiger partial charge < -0.3 is 10.6 Å². The van der Waals surface area contributed by atoms with Gasteiger partial charge in [-0.1, -0.05) is 18.0 Å². The van der Waals surface area contributed by atoms with Crippen molar-refractivity contribution in [2.24, 2.45) is 11.8 Å². The number of anilines is 1. The number of hydrogen-bond donors (Lipinski definition) is 2. The Morgan fingerprint density at radius 2 is 1.89 bits per heavy atom. The predicted molar refractivity (Wildman–Crippen MR) is 119 cm³/mol. The summed E-state index contributed by atoms with van der Waals surface area (Å²) in [5.74, 6) is -3.04. The van der Waals surface area contributed by atoms with E-state index in [2.05, 4.69) is 25.9 Å². The molecule has 2 amide bonds. The number of fused-ring (bicyclic) bond motifs is 1. The fourth-order valence-corrected chi connectivity index (χ4v) is 5.38. The third kappa shape index (κ3) is 4.31. The van der Waals surface area contributed by atoms with Crippen molar-refractivity contribution < 1.29 is 27.2 Å². The van der Waals surface area contributed by atoms with Gasteiger partial charge in [0.15, 0.2) is 5.69 Å². The maximum absolute atomic E-state index is 14.7. The quantitative estimate of drug-likeness (QED) is 0.501. The molecule has 2 fully saturated rings. The zero-order chi connectivity index (χ0) is 25.6. The van der Waals surface area contributed by atoms with Gasteiger partial charge in [0.05, 0.1) is 40.9 Å². The van der Waals surface area contributed by atoms with Crippen LogP contribution in [0.5, 0.6) is 0 Å². The third-order valence-corrected chi connectivity index (χ3v) is 6.98. The Bertz CT molecular complexity index is 1310. The van der Waals surface area contributed by atoms with Crippen molar-refractivity contribution in [2.45, 2.75) is 37.9 Å². The smallest absolute Gasteiger partial charge is 0.356 e. The molecule has 1 saturated carbocycles. The maximum Gasteiger partial charge on any atom is 0.433 e. The highest BCUT2D eigenvalue weighted by Crippen LogP contribution is 2.44. The van der Waals surface area contributed by atoms with Crippen LogP contribution in [-0.2, 0) is 11.0 Å². The van der Waals surface area contributed by atoms with Gasteiger partial charge >= 0.3 is 6.18 Å². The molecule has 2 aromatic heterocycles. The normalized spacial score (nSPS) is 22.1. The first-order valence-electron chi connectivity index (χ1n) is 11.2. The lowest BCUT2D eigenvalue weighted by Gasteiger charge is -2.41. The second kappa shape index (κ2) is 9.19. The van der Waals surface area contributed by atoms with E-state index in [0.29, 0.717) is 32.2 Å². The summed E-state index contributed by atoms with van der Waals surface area (Å²) in [4.78, 5) is 26.3. The number of amides is 2. The molecule has 5 rings (SSSR count). The molecule has 2 aliphatic rings. The minimum Gasteiger partial charge on any atom is -0.356 e. The molecule has 3 heterocycles. The number of hydrogen-bond acceptors (Lipinski definition) is 5. The Morgan fingerprint density at radius 1 is 1.14 bits per heavy atom. The lowest BCUT2D eigenvalue weighted by atomic mass is 9.72. The van der Waals surface area contributed by atoms with Crippen LogP contribution in [0.3, 0.4) is 0 Å². The molecule has 190 valence electrons. The van der Waals surface area contributed by atoms with E-state index in [0.717, 1.165) is 27.8 Å². The van der Waals surface area contributed by atoms with Gasteiger partial charge in [-0.2, -0.15) is 28.5 Å². The summed E-state index contributed by atoms with van der Waals surface area (Å²) in [5.41, 5.74) is -2.31. The van der Waals surface area contributed by atoms with Gasteiger partial charge in [0.1, 0.15) is 11.5 Å². The number of carbonyl (C=O) groups excluding carboxylic acids is 2. The van der Waals surface area contributed by atoms with Crippen LogP contribution >= 0.6 is 11.6 Å². The molecule has 1 aliphatic heterocycles. The Balaban J connectivity index is 1.47. The number of nitrogens with one attached hydrogen (secondary N) is 2. The number of piperidine rings is 1. The number of benzene rings is 1. The van der Waals surface area contributed by atoms with Gasteiger partial charge in [-0.05, 0) is 31.2 Å². The van der Waals surface area contributed by atoms with Crippen molar-refractivity contribution in [2.75, 3.05) is 11.9 Å². The average molecular weight is 526 g/mol. The standard InChI is InChI=1S/C22H20ClF4N7O2/c23-14-8-16(15(24)9-18(14)34-29-6-7-30-34)32-21(36)13-10-31-33(19(13)22(25,26)27)17-3-1-2-12-11(17)4-5-28-20(12)35/h6-12,17H,1-5H2,(H,28,35)(H,32,36). The topological polar surface area (TPSA) is 107 Å². The number of rotatable bonds is 4. The molecule has 1 saturated heterocycles. The van der Waals surface area contributed by atoms with Gasteiger partial charge in [0, 0.05) is 18.5 Å². The van der Waals surface area contributed by atoms with E-state index in [1.165, 1.54) is 12.4 Å². The van der Waals surface area contributed by atoms with E-state index in [4.69, 9.17) is 11.6 Å². The molecular weight excluding hydrogens is 506 g/mol. The summed E-state index contributed by atoms with van der Waals surface area (Å²) in [6, 6.07) is 1.33. The molecule has 0 spiro atoms. The first-order chi connectivity index (χ1) is 17.1. The number of aromatic nitrogens is 5. The van der Waals surface area contributed by atoms with Gasteiger partial charge in [0.25, 0.3) is 5.91 Å². The van der Waals surface area contributed by atoms with E-state index in [1.807, 2.05) is 0 Å². The molecule has 3 aromatic rings. The number of carbonyl (C=O) groups is 2. The number of halogens is 5. The lowest BCUT2D eigenvalue weighted by molar-refractivity contribution is -0.147. The van der Waals surface area contributed by atoms with Gasteiger partial charge in [-0.3, -0.25) is 14.3 Å². The fourth-order valence-electron chi connectivity index (χ4n) is 5.14. The zero-order valence-electron chi connectivity index (χ0n) is 18.6. The highest BCUT2D eigenvalue weighted by molar-refractivity contribution is 6.32. The Kier molecular flexibility index (Phi) is 6.18. The Labute approximate surface area is 206 Å². The lowest BCUT2D eigenvalue weighted by Crippen LogP contribution is -2.47. The molecule has 3 unspecified atom stereocenters. The molecule has 2 N–H and O–H groups in total. The van der Waals surface area contributed by atoms with E-state index in [1.54, 1.807) is 0 Å². The molecule has 14 heteroatoms. The maximum atomic E-state index is 14.7. The molecular formula is C22H20ClF4N7O2. The van der Waals surface area contributed by atoms with Crippen LogP contribution in [0, 0.1) is 17.7 Å². The summed E-state index contributed by atoms with van der Waals surface area (Å²) in [6.45, 7) is 0.372. The fraction of sp³-hybridized carbons (Fsp3) is 0.409. The van der Waals surface area contributed by atoms with Crippen LogP contribution in [0.15, 0.2) is 30.7 Å². The van der Waals surface area contributed by atoms with Gasteiger partial charge in [-0.25, -0.2) is 4.39 Å². The van der Waals surface area contributed by atoms with E-state index in [9.17, 15) is 27.2 Å². The van der Waals surface area contributed by atoms with E-state index in [-0.39, 0.29) is 22.5 Å². The van der Waals surface area contributed by atoms with Gasteiger partial charge in [-0.15, -0.1) is 4.80 Å². The van der Waals surface area contributed by atoms with Crippen molar-refractivity contribution >= 4 is 29.1 Å². The minimum absolute atomic E-state index is 0.0292. The van der Waals surface area contributed by atoms with Crippen LogP contribution < -0.4 is 10.6 Å². The first kappa shape index (κ1) is 24.2. The predicted octanol–water partition coefficient (Wildman–Crippen LogP) is 4.00. The SMILES string of the molecule is O=C(Nc1cc(Cl)c(-n2nccn2)cc1F)c1cnn(C2CCCC3C(=O)NCCC32)c1C(F)(F)F. The number of alkyl halides is 3. The Hall–Kier alpha value is -3.48. The van der Waals surface area contributed by atoms with E-state index < -0.39 is 46.8 Å². The van der Waals surface area contributed by atoms with Crippen molar-refractivity contribution in [3.63, 3.8) is 0 Å². The summed E-state index contributed by atoms with van der Waals surface area (Å²) >= 11 is 6.16. The highest BCUT2D eigenvalue weighted by atomic mass is 35.5. The second-order valence-electron chi connectivity index (χ2n) is 8.75. The monoisotopic (exact) mass is 525 g/mol.